The second-order valence-electron chi connectivity index (χ2n) is 6.83. The fourth-order valence-electron chi connectivity index (χ4n) is 3.14. The van der Waals surface area contributed by atoms with Gasteiger partial charge in [-0.25, -0.2) is 0 Å². The Hall–Kier alpha value is -2.22. The summed E-state index contributed by atoms with van der Waals surface area (Å²) in [6.45, 7) is 5.95. The third-order valence-electron chi connectivity index (χ3n) is 5.14. The molecule has 0 radical (unpaired) electrons. The van der Waals surface area contributed by atoms with Crippen LogP contribution in [0.1, 0.15) is 58.3 Å². The van der Waals surface area contributed by atoms with Crippen LogP contribution < -0.4 is 5.32 Å². The highest BCUT2D eigenvalue weighted by atomic mass is 127. The molecule has 2 atom stereocenters. The van der Waals surface area contributed by atoms with Gasteiger partial charge in [0.05, 0.1) is 11.1 Å². The number of amides is 3. The number of halogens is 1. The Morgan fingerprint density at radius 1 is 1.07 bits per heavy atom. The molecule has 1 aliphatic rings. The minimum absolute atomic E-state index is 0.189. The first-order valence-corrected chi connectivity index (χ1v) is 10.00. The highest BCUT2D eigenvalue weighted by Crippen LogP contribution is 2.29. The van der Waals surface area contributed by atoms with E-state index in [0.717, 1.165) is 9.99 Å². The molecular formula is C21H21IN2O3. The van der Waals surface area contributed by atoms with Crippen LogP contribution in [0.5, 0.6) is 0 Å². The second kappa shape index (κ2) is 7.80. The van der Waals surface area contributed by atoms with Crippen LogP contribution in [0.15, 0.2) is 42.5 Å². The summed E-state index contributed by atoms with van der Waals surface area (Å²) in [5.41, 5.74) is 1.69. The van der Waals surface area contributed by atoms with E-state index in [1.807, 2.05) is 39.0 Å². The van der Waals surface area contributed by atoms with Crippen LogP contribution in [-0.2, 0) is 0 Å². The fourth-order valence-corrected chi connectivity index (χ4v) is 3.68. The molecule has 6 heteroatoms. The van der Waals surface area contributed by atoms with E-state index in [1.165, 1.54) is 11.0 Å². The molecule has 0 aromatic heterocycles. The molecule has 1 N–H and O–H groups in total. The SMILES string of the molecule is CCC(C)C(C)N1C(=O)c2ccc(C(=O)Nc3cccc(I)c3)cc2C1=O. The van der Waals surface area contributed by atoms with E-state index in [9.17, 15) is 14.4 Å². The first-order chi connectivity index (χ1) is 12.8. The maximum Gasteiger partial charge on any atom is 0.261 e. The lowest BCUT2D eigenvalue weighted by atomic mass is 9.99. The molecule has 2 aromatic carbocycles. The molecule has 5 nitrogen and oxygen atoms in total. The first-order valence-electron chi connectivity index (χ1n) is 8.92. The largest absolute Gasteiger partial charge is 0.322 e. The summed E-state index contributed by atoms with van der Waals surface area (Å²) in [4.78, 5) is 39.4. The van der Waals surface area contributed by atoms with Crippen molar-refractivity contribution in [2.45, 2.75) is 33.2 Å². The van der Waals surface area contributed by atoms with Crippen LogP contribution in [0.3, 0.4) is 0 Å². The van der Waals surface area contributed by atoms with Gasteiger partial charge in [-0.15, -0.1) is 0 Å². The molecule has 0 aliphatic carbocycles. The topological polar surface area (TPSA) is 66.5 Å². The molecule has 27 heavy (non-hydrogen) atoms. The van der Waals surface area contributed by atoms with Gasteiger partial charge in [0, 0.05) is 20.9 Å². The molecule has 0 bridgehead atoms. The van der Waals surface area contributed by atoms with Crippen molar-refractivity contribution in [3.8, 4) is 0 Å². The maximum absolute atomic E-state index is 12.8. The highest BCUT2D eigenvalue weighted by Gasteiger charge is 2.40. The lowest BCUT2D eigenvalue weighted by molar-refractivity contribution is 0.0550. The van der Waals surface area contributed by atoms with Gasteiger partial charge in [0.2, 0.25) is 0 Å². The normalized spacial score (nSPS) is 15.5. The van der Waals surface area contributed by atoms with Gasteiger partial charge in [0.15, 0.2) is 0 Å². The van der Waals surface area contributed by atoms with Gasteiger partial charge in [0.25, 0.3) is 17.7 Å². The zero-order valence-electron chi connectivity index (χ0n) is 15.5. The van der Waals surface area contributed by atoms with Crippen LogP contribution in [0.4, 0.5) is 5.69 Å². The van der Waals surface area contributed by atoms with Crippen molar-refractivity contribution in [3.63, 3.8) is 0 Å². The van der Waals surface area contributed by atoms with Gasteiger partial charge in [-0.05, 0) is 71.8 Å². The van der Waals surface area contributed by atoms with E-state index in [-0.39, 0.29) is 29.7 Å². The third kappa shape index (κ3) is 3.76. The number of anilines is 1. The van der Waals surface area contributed by atoms with Gasteiger partial charge in [-0.1, -0.05) is 26.3 Å². The number of hydrogen-bond donors (Lipinski definition) is 1. The van der Waals surface area contributed by atoms with Gasteiger partial charge in [-0.2, -0.15) is 0 Å². The summed E-state index contributed by atoms with van der Waals surface area (Å²) >= 11 is 2.17. The van der Waals surface area contributed by atoms with E-state index >= 15 is 0 Å². The number of imide groups is 1. The monoisotopic (exact) mass is 476 g/mol. The van der Waals surface area contributed by atoms with Crippen molar-refractivity contribution in [2.75, 3.05) is 5.32 Å². The fraction of sp³-hybridized carbons (Fsp3) is 0.286. The Morgan fingerprint density at radius 3 is 2.44 bits per heavy atom. The number of nitrogens with zero attached hydrogens (tertiary/aromatic N) is 1. The molecule has 0 fully saturated rings. The number of hydrogen-bond acceptors (Lipinski definition) is 3. The zero-order chi connectivity index (χ0) is 19.7. The van der Waals surface area contributed by atoms with Crippen LogP contribution in [0.25, 0.3) is 0 Å². The Labute approximate surface area is 172 Å². The van der Waals surface area contributed by atoms with E-state index in [4.69, 9.17) is 0 Å². The lowest BCUT2D eigenvalue weighted by Crippen LogP contribution is -2.41. The summed E-state index contributed by atoms with van der Waals surface area (Å²) < 4.78 is 1.01. The molecule has 0 saturated heterocycles. The zero-order valence-corrected chi connectivity index (χ0v) is 17.6. The Morgan fingerprint density at radius 2 is 1.78 bits per heavy atom. The number of nitrogens with one attached hydrogen (secondary N) is 1. The highest BCUT2D eigenvalue weighted by molar-refractivity contribution is 14.1. The Bertz CT molecular complexity index is 925. The Kier molecular flexibility index (Phi) is 5.64. The quantitative estimate of drug-likeness (QED) is 0.508. The number of carbonyl (C=O) groups is 3. The third-order valence-corrected chi connectivity index (χ3v) is 5.81. The molecular weight excluding hydrogens is 455 g/mol. The lowest BCUT2D eigenvalue weighted by Gasteiger charge is -2.27. The van der Waals surface area contributed by atoms with Crippen LogP contribution >= 0.6 is 22.6 Å². The van der Waals surface area contributed by atoms with Crippen molar-refractivity contribution in [1.29, 1.82) is 0 Å². The van der Waals surface area contributed by atoms with Crippen LogP contribution in [-0.4, -0.2) is 28.7 Å². The predicted octanol–water partition coefficient (Wildman–Crippen LogP) is 4.57. The summed E-state index contributed by atoms with van der Waals surface area (Å²) in [6.07, 6.45) is 0.873. The number of benzene rings is 2. The second-order valence-corrected chi connectivity index (χ2v) is 8.08. The first kappa shape index (κ1) is 19.5. The molecule has 1 heterocycles. The van der Waals surface area contributed by atoms with E-state index in [2.05, 4.69) is 27.9 Å². The van der Waals surface area contributed by atoms with Gasteiger partial charge in [-0.3, -0.25) is 19.3 Å². The summed E-state index contributed by atoms with van der Waals surface area (Å²) in [5.74, 6) is -0.719. The summed E-state index contributed by atoms with van der Waals surface area (Å²) in [6, 6.07) is 11.9. The van der Waals surface area contributed by atoms with Crippen molar-refractivity contribution < 1.29 is 14.4 Å². The molecule has 3 amide bonds. The molecule has 3 rings (SSSR count). The number of fused-ring (bicyclic) bond motifs is 1. The standard InChI is InChI=1S/C21H21IN2O3/c1-4-12(2)13(3)24-20(26)17-9-8-14(10-18(17)21(24)27)19(25)23-16-7-5-6-15(22)11-16/h5-13H,4H2,1-3H3,(H,23,25). The predicted molar refractivity (Wildman–Crippen MR) is 113 cm³/mol. The van der Waals surface area contributed by atoms with E-state index in [1.54, 1.807) is 18.2 Å². The van der Waals surface area contributed by atoms with Crippen molar-refractivity contribution in [2.24, 2.45) is 5.92 Å². The number of rotatable bonds is 5. The smallest absolute Gasteiger partial charge is 0.261 e. The summed E-state index contributed by atoms with van der Waals surface area (Å²) in [7, 11) is 0. The molecule has 2 unspecified atom stereocenters. The molecule has 0 saturated carbocycles. The van der Waals surface area contributed by atoms with Gasteiger partial charge < -0.3 is 5.32 Å². The Balaban J connectivity index is 1.86. The maximum atomic E-state index is 12.8. The van der Waals surface area contributed by atoms with Crippen LogP contribution in [0, 0.1) is 9.49 Å². The van der Waals surface area contributed by atoms with E-state index < -0.39 is 0 Å². The molecule has 2 aromatic rings. The van der Waals surface area contributed by atoms with Gasteiger partial charge in [0.1, 0.15) is 0 Å². The minimum Gasteiger partial charge on any atom is -0.322 e. The van der Waals surface area contributed by atoms with Crippen molar-refractivity contribution in [3.05, 3.63) is 62.7 Å². The molecule has 0 spiro atoms. The average Bonchev–Trinajstić information content (AvgIpc) is 2.90. The minimum atomic E-state index is -0.327. The summed E-state index contributed by atoms with van der Waals surface area (Å²) in [5, 5.41) is 2.82. The molecule has 1 aliphatic heterocycles. The van der Waals surface area contributed by atoms with Gasteiger partial charge >= 0.3 is 0 Å². The van der Waals surface area contributed by atoms with Crippen molar-refractivity contribution in [1.82, 2.24) is 4.90 Å². The molecule has 140 valence electrons. The average molecular weight is 476 g/mol. The van der Waals surface area contributed by atoms with Crippen LogP contribution in [0.2, 0.25) is 0 Å². The number of carbonyl (C=O) groups excluding carboxylic acids is 3. The van der Waals surface area contributed by atoms with E-state index in [0.29, 0.717) is 22.4 Å². The van der Waals surface area contributed by atoms with Crippen molar-refractivity contribution >= 4 is 46.0 Å².